The normalized spacial score (nSPS) is 9.64. The lowest BCUT2D eigenvalue weighted by Gasteiger charge is -2.06. The van der Waals surface area contributed by atoms with Crippen molar-refractivity contribution >= 4 is 35.0 Å². The Labute approximate surface area is 90.4 Å². The second-order valence-corrected chi connectivity index (χ2v) is 3.22. The number of phenolic OH excluding ortho intramolecular Hbond substituents is 1. The van der Waals surface area contributed by atoms with Crippen LogP contribution in [-0.2, 0) is 4.74 Å². The molecule has 0 atom stereocenters. The summed E-state index contributed by atoms with van der Waals surface area (Å²) in [6, 6.07) is 2.72. The molecule has 14 heavy (non-hydrogen) atoms. The number of carbonyl (C=O) groups excluding carboxylic acids is 1. The summed E-state index contributed by atoms with van der Waals surface area (Å²) in [6.07, 6.45) is -0.636. The number of hydrogen-bond donors (Lipinski definition) is 2. The molecule has 1 rings (SSSR count). The van der Waals surface area contributed by atoms with E-state index in [1.807, 2.05) is 0 Å². The molecule has 0 heterocycles. The molecule has 1 aromatic carbocycles. The Bertz CT molecular complexity index is 345. The molecule has 0 aliphatic rings. The molecule has 1 amide bonds. The molecule has 0 saturated carbocycles. The van der Waals surface area contributed by atoms with Crippen LogP contribution < -0.4 is 5.32 Å². The summed E-state index contributed by atoms with van der Waals surface area (Å²) in [7, 11) is 1.24. The molecule has 0 radical (unpaired) electrons. The van der Waals surface area contributed by atoms with Gasteiger partial charge in [-0.25, -0.2) is 4.79 Å². The van der Waals surface area contributed by atoms with Crippen LogP contribution in [-0.4, -0.2) is 18.3 Å². The van der Waals surface area contributed by atoms with E-state index in [1.54, 1.807) is 0 Å². The molecule has 0 saturated heterocycles. The van der Waals surface area contributed by atoms with Gasteiger partial charge in [0.05, 0.1) is 17.2 Å². The minimum Gasteiger partial charge on any atom is -0.505 e. The smallest absolute Gasteiger partial charge is 0.411 e. The monoisotopic (exact) mass is 235 g/mol. The first kappa shape index (κ1) is 10.9. The number of phenols is 1. The van der Waals surface area contributed by atoms with E-state index in [2.05, 4.69) is 10.1 Å². The molecule has 0 aromatic heterocycles. The molecule has 0 aliphatic heterocycles. The lowest BCUT2D eigenvalue weighted by Crippen LogP contribution is -2.10. The highest BCUT2D eigenvalue weighted by molar-refractivity contribution is 6.37. The second-order valence-electron chi connectivity index (χ2n) is 2.41. The highest BCUT2D eigenvalue weighted by Crippen LogP contribution is 2.34. The highest BCUT2D eigenvalue weighted by Gasteiger charge is 2.08. The topological polar surface area (TPSA) is 58.6 Å². The van der Waals surface area contributed by atoms with Crippen molar-refractivity contribution in [1.29, 1.82) is 0 Å². The van der Waals surface area contributed by atoms with Crippen LogP contribution in [0.15, 0.2) is 12.1 Å². The third-order valence-electron chi connectivity index (χ3n) is 1.45. The van der Waals surface area contributed by atoms with Gasteiger partial charge in [-0.1, -0.05) is 23.2 Å². The summed E-state index contributed by atoms with van der Waals surface area (Å²) in [5, 5.41) is 11.7. The van der Waals surface area contributed by atoms with Crippen LogP contribution in [0.2, 0.25) is 10.0 Å². The van der Waals surface area contributed by atoms with Gasteiger partial charge in [0, 0.05) is 5.69 Å². The van der Waals surface area contributed by atoms with Gasteiger partial charge in [-0.05, 0) is 12.1 Å². The third-order valence-corrected chi connectivity index (χ3v) is 2.02. The van der Waals surface area contributed by atoms with Gasteiger partial charge in [0.15, 0.2) is 5.75 Å². The summed E-state index contributed by atoms with van der Waals surface area (Å²) < 4.78 is 4.37. The Hall–Kier alpha value is -1.13. The van der Waals surface area contributed by atoms with E-state index in [0.717, 1.165) is 0 Å². The van der Waals surface area contributed by atoms with Crippen molar-refractivity contribution in [2.24, 2.45) is 0 Å². The molecule has 2 N–H and O–H groups in total. The van der Waals surface area contributed by atoms with E-state index >= 15 is 0 Å². The number of benzene rings is 1. The maximum absolute atomic E-state index is 10.8. The zero-order valence-corrected chi connectivity index (χ0v) is 8.69. The Kier molecular flexibility index (Phi) is 3.43. The Morgan fingerprint density at radius 2 is 1.93 bits per heavy atom. The average molecular weight is 236 g/mol. The molecule has 1 aromatic rings. The maximum atomic E-state index is 10.8. The predicted molar refractivity (Wildman–Crippen MR) is 54.2 cm³/mol. The van der Waals surface area contributed by atoms with Crippen molar-refractivity contribution in [1.82, 2.24) is 0 Å². The summed E-state index contributed by atoms with van der Waals surface area (Å²) >= 11 is 11.2. The fraction of sp³-hybridized carbons (Fsp3) is 0.125. The molecule has 0 unspecified atom stereocenters. The first-order valence-corrected chi connectivity index (χ1v) is 4.33. The third kappa shape index (κ3) is 2.43. The zero-order valence-electron chi connectivity index (χ0n) is 7.17. The molecule has 0 spiro atoms. The van der Waals surface area contributed by atoms with Crippen LogP contribution in [0.1, 0.15) is 0 Å². The molecule has 76 valence electrons. The molecular weight excluding hydrogens is 229 g/mol. The molecule has 4 nitrogen and oxygen atoms in total. The standard InChI is InChI=1S/C8H7Cl2NO3/c1-14-8(13)11-4-2-5(9)7(12)6(10)3-4/h2-3,12H,1H3,(H,11,13). The lowest BCUT2D eigenvalue weighted by molar-refractivity contribution is 0.187. The Morgan fingerprint density at radius 1 is 1.43 bits per heavy atom. The SMILES string of the molecule is COC(=O)Nc1cc(Cl)c(O)c(Cl)c1. The van der Waals surface area contributed by atoms with Gasteiger partial charge in [-0.2, -0.15) is 0 Å². The number of amides is 1. The summed E-state index contributed by atoms with van der Waals surface area (Å²) in [4.78, 5) is 10.8. The van der Waals surface area contributed by atoms with Crippen LogP contribution in [0.4, 0.5) is 10.5 Å². The number of aromatic hydroxyl groups is 1. The van der Waals surface area contributed by atoms with Crippen LogP contribution in [0.25, 0.3) is 0 Å². The van der Waals surface area contributed by atoms with Crippen molar-refractivity contribution in [3.05, 3.63) is 22.2 Å². The van der Waals surface area contributed by atoms with Gasteiger partial charge >= 0.3 is 6.09 Å². The second kappa shape index (κ2) is 4.39. The van der Waals surface area contributed by atoms with Crippen molar-refractivity contribution in [3.8, 4) is 5.75 Å². The number of methoxy groups -OCH3 is 1. The number of ether oxygens (including phenoxy) is 1. The first-order valence-electron chi connectivity index (χ1n) is 3.57. The minimum atomic E-state index is -0.636. The van der Waals surface area contributed by atoms with Gasteiger partial charge in [-0.15, -0.1) is 0 Å². The summed E-state index contributed by atoms with van der Waals surface area (Å²) in [5.41, 5.74) is 0.352. The number of carbonyl (C=O) groups is 1. The fourth-order valence-electron chi connectivity index (χ4n) is 0.807. The van der Waals surface area contributed by atoms with Gasteiger partial charge in [-0.3, -0.25) is 5.32 Å². The van der Waals surface area contributed by atoms with E-state index in [9.17, 15) is 9.90 Å². The highest BCUT2D eigenvalue weighted by atomic mass is 35.5. The quantitative estimate of drug-likeness (QED) is 0.737. The van der Waals surface area contributed by atoms with Crippen molar-refractivity contribution in [2.75, 3.05) is 12.4 Å². The van der Waals surface area contributed by atoms with Crippen molar-refractivity contribution in [2.45, 2.75) is 0 Å². The zero-order chi connectivity index (χ0) is 10.7. The average Bonchev–Trinajstić information content (AvgIpc) is 2.14. The maximum Gasteiger partial charge on any atom is 0.411 e. The summed E-state index contributed by atoms with van der Waals surface area (Å²) in [6.45, 7) is 0. The van der Waals surface area contributed by atoms with Gasteiger partial charge in [0.2, 0.25) is 0 Å². The van der Waals surface area contributed by atoms with E-state index in [4.69, 9.17) is 23.2 Å². The van der Waals surface area contributed by atoms with Gasteiger partial charge < -0.3 is 9.84 Å². The van der Waals surface area contributed by atoms with Crippen LogP contribution in [0.3, 0.4) is 0 Å². The van der Waals surface area contributed by atoms with E-state index in [-0.39, 0.29) is 15.8 Å². The molecule has 0 fully saturated rings. The van der Waals surface area contributed by atoms with Crippen LogP contribution in [0, 0.1) is 0 Å². The number of anilines is 1. The van der Waals surface area contributed by atoms with Gasteiger partial charge in [0.1, 0.15) is 0 Å². The number of rotatable bonds is 1. The van der Waals surface area contributed by atoms with E-state index in [1.165, 1.54) is 19.2 Å². The van der Waals surface area contributed by atoms with E-state index < -0.39 is 6.09 Å². The Balaban J connectivity index is 2.95. The first-order chi connectivity index (χ1) is 6.54. The van der Waals surface area contributed by atoms with Crippen LogP contribution >= 0.6 is 23.2 Å². The largest absolute Gasteiger partial charge is 0.505 e. The number of hydrogen-bond acceptors (Lipinski definition) is 3. The summed E-state index contributed by atoms with van der Waals surface area (Å²) in [5.74, 6) is -0.219. The molecule has 0 bridgehead atoms. The van der Waals surface area contributed by atoms with Crippen molar-refractivity contribution in [3.63, 3.8) is 0 Å². The van der Waals surface area contributed by atoms with Crippen molar-refractivity contribution < 1.29 is 14.6 Å². The number of nitrogens with one attached hydrogen (secondary N) is 1. The predicted octanol–water partition coefficient (Wildman–Crippen LogP) is 2.88. The number of halogens is 2. The molecular formula is C8H7Cl2NO3. The van der Waals surface area contributed by atoms with E-state index in [0.29, 0.717) is 5.69 Å². The van der Waals surface area contributed by atoms with Gasteiger partial charge in [0.25, 0.3) is 0 Å². The Morgan fingerprint density at radius 3 is 2.36 bits per heavy atom. The molecule has 6 heteroatoms. The molecule has 0 aliphatic carbocycles. The fourth-order valence-corrected chi connectivity index (χ4v) is 1.29. The van der Waals surface area contributed by atoms with Crippen LogP contribution in [0.5, 0.6) is 5.75 Å². The minimum absolute atomic E-state index is 0.0592. The lowest BCUT2D eigenvalue weighted by atomic mass is 10.3.